The molecule has 0 heterocycles. The van der Waals surface area contributed by atoms with Crippen molar-refractivity contribution in [2.75, 3.05) is 33.4 Å². The van der Waals surface area contributed by atoms with Gasteiger partial charge in [0.05, 0.1) is 6.61 Å². The fourth-order valence-corrected chi connectivity index (χ4v) is 2.88. The summed E-state index contributed by atoms with van der Waals surface area (Å²) in [6.45, 7) is 6.25. The minimum Gasteiger partial charge on any atom is -0.494 e. The lowest BCUT2D eigenvalue weighted by atomic mass is 10.1. The quantitative estimate of drug-likeness (QED) is 0.593. The van der Waals surface area contributed by atoms with Gasteiger partial charge in [0.25, 0.3) is 0 Å². The second-order valence-electron chi connectivity index (χ2n) is 7.00. The van der Waals surface area contributed by atoms with Gasteiger partial charge < -0.3 is 19.7 Å². The molecule has 0 aliphatic carbocycles. The van der Waals surface area contributed by atoms with Crippen molar-refractivity contribution < 1.29 is 19.7 Å². The molecule has 2 rings (SSSR count). The van der Waals surface area contributed by atoms with Gasteiger partial charge in [-0.3, -0.25) is 4.90 Å². The van der Waals surface area contributed by atoms with E-state index in [1.54, 1.807) is 0 Å². The number of aliphatic hydroxyl groups excluding tert-OH is 2. The summed E-state index contributed by atoms with van der Waals surface area (Å²) in [7, 11) is 1.98. The molecule has 5 heteroatoms. The van der Waals surface area contributed by atoms with Crippen LogP contribution in [0.15, 0.2) is 42.5 Å². The largest absolute Gasteiger partial charge is 0.494 e. The second-order valence-corrected chi connectivity index (χ2v) is 7.00. The highest BCUT2D eigenvalue weighted by Gasteiger charge is 2.11. The van der Waals surface area contributed by atoms with Crippen molar-refractivity contribution in [3.63, 3.8) is 0 Å². The van der Waals surface area contributed by atoms with Gasteiger partial charge in [-0.15, -0.1) is 0 Å². The summed E-state index contributed by atoms with van der Waals surface area (Å²) in [5, 5.41) is 19.0. The Hall–Kier alpha value is -2.08. The average Bonchev–Trinajstić information content (AvgIpc) is 2.62. The van der Waals surface area contributed by atoms with Crippen LogP contribution in [-0.4, -0.2) is 54.6 Å². The molecule has 0 aromatic heterocycles. The van der Waals surface area contributed by atoms with Crippen LogP contribution in [0.4, 0.5) is 0 Å². The summed E-state index contributed by atoms with van der Waals surface area (Å²) in [6, 6.07) is 13.9. The zero-order valence-electron chi connectivity index (χ0n) is 16.5. The highest BCUT2D eigenvalue weighted by molar-refractivity contribution is 5.35. The Morgan fingerprint density at radius 2 is 1.78 bits per heavy atom. The lowest BCUT2D eigenvalue weighted by Gasteiger charge is -2.21. The van der Waals surface area contributed by atoms with Crippen molar-refractivity contribution in [3.05, 3.63) is 59.2 Å². The number of rotatable bonds is 11. The molecule has 1 atom stereocenters. The fraction of sp³-hybridized carbons (Fsp3) is 0.455. The van der Waals surface area contributed by atoms with E-state index >= 15 is 0 Å². The number of hydrogen-bond donors (Lipinski definition) is 2. The Bertz CT molecular complexity index is 687. The molecule has 27 heavy (non-hydrogen) atoms. The molecule has 2 aromatic rings. The lowest BCUT2D eigenvalue weighted by molar-refractivity contribution is 0.0741. The topological polar surface area (TPSA) is 62.2 Å². The average molecular weight is 373 g/mol. The van der Waals surface area contributed by atoms with Crippen molar-refractivity contribution in [3.8, 4) is 11.5 Å². The maximum Gasteiger partial charge on any atom is 0.122 e. The number of nitrogens with zero attached hydrogens (tertiary/aromatic N) is 1. The van der Waals surface area contributed by atoms with Crippen LogP contribution in [0.2, 0.25) is 0 Å². The number of benzene rings is 2. The van der Waals surface area contributed by atoms with E-state index in [4.69, 9.17) is 14.6 Å². The standard InChI is InChI=1S/C22H31NO4/c1-17-5-10-22(18(2)13-17)27-16-20(25)15-23(3)14-19-6-8-21(9-7-19)26-12-4-11-24/h5-10,13,20,24-25H,4,11-12,14-16H2,1-3H3/t20-/m0/s1. The summed E-state index contributed by atoms with van der Waals surface area (Å²) in [6.07, 6.45) is 0.0730. The van der Waals surface area contributed by atoms with E-state index in [1.807, 2.05) is 57.3 Å². The van der Waals surface area contributed by atoms with E-state index in [2.05, 4.69) is 11.0 Å². The van der Waals surface area contributed by atoms with Gasteiger partial charge in [-0.05, 0) is 50.2 Å². The van der Waals surface area contributed by atoms with E-state index in [0.29, 0.717) is 19.6 Å². The van der Waals surface area contributed by atoms with Crippen LogP contribution in [0, 0.1) is 13.8 Å². The summed E-state index contributed by atoms with van der Waals surface area (Å²) < 4.78 is 11.3. The third kappa shape index (κ3) is 7.59. The first-order valence-corrected chi connectivity index (χ1v) is 9.37. The molecule has 5 nitrogen and oxygen atoms in total. The van der Waals surface area contributed by atoms with Gasteiger partial charge in [0.2, 0.25) is 0 Å². The van der Waals surface area contributed by atoms with Crippen LogP contribution in [0.25, 0.3) is 0 Å². The molecule has 148 valence electrons. The molecule has 0 aliphatic heterocycles. The molecule has 0 amide bonds. The van der Waals surface area contributed by atoms with E-state index in [-0.39, 0.29) is 13.2 Å². The zero-order valence-corrected chi connectivity index (χ0v) is 16.5. The first kappa shape index (κ1) is 21.2. The summed E-state index contributed by atoms with van der Waals surface area (Å²) in [5.41, 5.74) is 3.43. The highest BCUT2D eigenvalue weighted by atomic mass is 16.5. The number of aliphatic hydroxyl groups is 2. The van der Waals surface area contributed by atoms with Crippen LogP contribution in [0.5, 0.6) is 11.5 Å². The highest BCUT2D eigenvalue weighted by Crippen LogP contribution is 2.19. The predicted molar refractivity (Wildman–Crippen MR) is 107 cm³/mol. The zero-order chi connectivity index (χ0) is 19.6. The van der Waals surface area contributed by atoms with Gasteiger partial charge in [0.15, 0.2) is 0 Å². The van der Waals surface area contributed by atoms with Gasteiger partial charge in [-0.25, -0.2) is 0 Å². The van der Waals surface area contributed by atoms with E-state index < -0.39 is 6.10 Å². The smallest absolute Gasteiger partial charge is 0.122 e. The molecule has 0 saturated heterocycles. The minimum absolute atomic E-state index is 0.137. The molecule has 0 spiro atoms. The Morgan fingerprint density at radius 1 is 1.04 bits per heavy atom. The van der Waals surface area contributed by atoms with Crippen LogP contribution in [0.3, 0.4) is 0 Å². The monoisotopic (exact) mass is 373 g/mol. The summed E-state index contributed by atoms with van der Waals surface area (Å²) >= 11 is 0. The van der Waals surface area contributed by atoms with E-state index in [1.165, 1.54) is 5.56 Å². The molecule has 0 aliphatic rings. The van der Waals surface area contributed by atoms with Crippen molar-refractivity contribution in [2.24, 2.45) is 0 Å². The maximum atomic E-state index is 10.3. The fourth-order valence-electron chi connectivity index (χ4n) is 2.88. The third-order valence-corrected chi connectivity index (χ3v) is 4.23. The van der Waals surface area contributed by atoms with Crippen molar-refractivity contribution >= 4 is 0 Å². The lowest BCUT2D eigenvalue weighted by Crippen LogP contribution is -2.32. The minimum atomic E-state index is -0.559. The molecule has 0 radical (unpaired) electrons. The van der Waals surface area contributed by atoms with E-state index in [9.17, 15) is 5.11 Å². The third-order valence-electron chi connectivity index (χ3n) is 4.23. The number of aryl methyl sites for hydroxylation is 2. The number of likely N-dealkylation sites (N-methyl/N-ethyl adjacent to an activating group) is 1. The molecule has 2 aromatic carbocycles. The van der Waals surface area contributed by atoms with Crippen LogP contribution >= 0.6 is 0 Å². The van der Waals surface area contributed by atoms with Crippen LogP contribution < -0.4 is 9.47 Å². The van der Waals surface area contributed by atoms with Gasteiger partial charge in [0, 0.05) is 26.1 Å². The molecule has 0 saturated carbocycles. The number of hydrogen-bond acceptors (Lipinski definition) is 5. The molecule has 0 unspecified atom stereocenters. The molecule has 0 fully saturated rings. The summed E-state index contributed by atoms with van der Waals surface area (Å²) in [4.78, 5) is 2.07. The SMILES string of the molecule is Cc1ccc(OC[C@@H](O)CN(C)Cc2ccc(OCCCO)cc2)c(C)c1. The molecule has 2 N–H and O–H groups in total. The Labute approximate surface area is 162 Å². The second kappa shape index (κ2) is 10.9. The molecular formula is C22H31NO4. The Morgan fingerprint density at radius 3 is 2.44 bits per heavy atom. The van der Waals surface area contributed by atoms with Gasteiger partial charge >= 0.3 is 0 Å². The first-order valence-electron chi connectivity index (χ1n) is 9.37. The predicted octanol–water partition coefficient (Wildman–Crippen LogP) is 2.94. The Kier molecular flexibility index (Phi) is 8.58. The van der Waals surface area contributed by atoms with Crippen LogP contribution in [-0.2, 0) is 6.54 Å². The maximum absolute atomic E-state index is 10.3. The van der Waals surface area contributed by atoms with Gasteiger partial charge in [-0.1, -0.05) is 29.8 Å². The van der Waals surface area contributed by atoms with Crippen molar-refractivity contribution in [2.45, 2.75) is 32.9 Å². The van der Waals surface area contributed by atoms with E-state index in [0.717, 1.165) is 29.2 Å². The Balaban J connectivity index is 1.74. The normalized spacial score (nSPS) is 12.2. The van der Waals surface area contributed by atoms with Crippen molar-refractivity contribution in [1.82, 2.24) is 4.90 Å². The van der Waals surface area contributed by atoms with Gasteiger partial charge in [0.1, 0.15) is 24.2 Å². The van der Waals surface area contributed by atoms with Crippen LogP contribution in [0.1, 0.15) is 23.1 Å². The number of ether oxygens (including phenoxy) is 2. The molecule has 0 bridgehead atoms. The summed E-state index contributed by atoms with van der Waals surface area (Å²) in [5.74, 6) is 1.62. The van der Waals surface area contributed by atoms with Crippen molar-refractivity contribution in [1.29, 1.82) is 0 Å². The van der Waals surface area contributed by atoms with Gasteiger partial charge in [-0.2, -0.15) is 0 Å². The first-order chi connectivity index (χ1) is 13.0. The molecular weight excluding hydrogens is 342 g/mol.